The molecule has 25 rings (SSSR count). The molecule has 1 saturated heterocycles. The largest absolute Gasteiger partial charge is 0.462 e. The molecule has 0 unspecified atom stereocenters. The van der Waals surface area contributed by atoms with Crippen LogP contribution in [0.25, 0.3) is 0 Å². The van der Waals surface area contributed by atoms with E-state index in [1.807, 2.05) is 34.6 Å². The molecule has 4 aromatic heterocycles. The van der Waals surface area contributed by atoms with Crippen LogP contribution in [-0.2, 0) is 50.1 Å². The summed E-state index contributed by atoms with van der Waals surface area (Å²) in [7, 11) is 0. The molecule has 5 heterocycles. The molecule has 734 valence electrons. The standard InChI is InChI=1S/C29H39F2N3O3.C28H40N2O4.C25H35F2N3O2.C23H32F2N4O2/c1-27(37)7-5-18-16(10-27)3-4-20-19(18)6-8-28(2)24(20)21-9-22(21)25(28)23(35)13-34-12-17(11-32-34)26(36)33-14-29(30,31)15-33;1-4-34-26(32)17-13-29-30(14-17)15-23(31)25-22-11-21(22)24-20-6-5-16-12-27(2,33)9-7-18(16)19(20)8-10-28(24,25)3;1-13-11-28-30(29-13)12-18(31)20-22-21(25(22,26)27)19-17-5-4-14-10-23(2,32)8-6-15(14)16(17)7-9-24(19,20)3;1-21(31)7-5-13-12(9-21)3-4-15-14(13)6-8-22(2)17(15)19-20(23(19,24)25)18(22)16(30)10-29-27-11-26-28-29/h11-12,16,18-22,24-25,37H,3-10,13-15H2,1-2H3;13-14,16,18-22,24-25,33H,4-12,15H2,1-3H3;11,14-17,19-22,32H,4-10,12H2,1-3H3;11-15,17-20,31H,3-10H2,1-2H3/t2*16-,18+,19-,20-,21-,22+,24-,25-,27-,28+;14-,15+,16-,17-,19-,20+,21+,22-,23-,24+;12-,13+,14-,15-,17-,18+,19+,20-,21-,22+/m1111/s1. The number of hydrogen-bond donors (Lipinski definition) is 4. The molecule has 0 aromatic carbocycles. The van der Waals surface area contributed by atoms with Gasteiger partial charge in [-0.15, -0.1) is 10.2 Å². The maximum atomic E-state index is 15.1. The number of nitrogens with zero attached hydrogens (tertiary/aromatic N) is 12. The van der Waals surface area contributed by atoms with Crippen LogP contribution in [0.5, 0.6) is 0 Å². The first-order valence-corrected chi connectivity index (χ1v) is 52.6. The molecule has 29 heteroatoms. The van der Waals surface area contributed by atoms with E-state index in [1.54, 1.807) is 30.2 Å². The first kappa shape index (κ1) is 92.7. The summed E-state index contributed by atoms with van der Waals surface area (Å²) in [5.41, 5.74) is -1.26. The Labute approximate surface area is 784 Å². The molecule has 0 spiro atoms. The lowest BCUT2D eigenvalue weighted by Gasteiger charge is -2.57. The Hall–Kier alpha value is -6.33. The Morgan fingerprint density at radius 1 is 0.381 bits per heavy atom. The average Bonchev–Trinajstić information content (AvgIpc) is 1.49. The number of rotatable bonds is 15. The third-order valence-corrected chi connectivity index (χ3v) is 43.2. The highest BCUT2D eigenvalue weighted by Gasteiger charge is 2.87. The first-order chi connectivity index (χ1) is 63.3. The lowest BCUT2D eigenvalue weighted by molar-refractivity contribution is -0.146. The number of ether oxygens (including phenoxy) is 1. The Morgan fingerprint density at radius 2 is 0.739 bits per heavy atom. The number of Topliss-reactive ketones (excluding diaryl/α,β-unsaturated/α-hetero) is 4. The van der Waals surface area contributed by atoms with Gasteiger partial charge >= 0.3 is 5.97 Å². The van der Waals surface area contributed by atoms with Gasteiger partial charge in [0.15, 0.2) is 29.5 Å². The number of ketones is 4. The zero-order valence-corrected chi connectivity index (χ0v) is 80.4. The molecular formula is C105H146F6N12O11. The van der Waals surface area contributed by atoms with E-state index in [1.165, 1.54) is 84.4 Å². The first-order valence-electron chi connectivity index (χ1n) is 52.6. The number of alkyl halides is 6. The number of tetrazole rings is 1. The third-order valence-electron chi connectivity index (χ3n) is 43.2. The van der Waals surface area contributed by atoms with E-state index in [4.69, 9.17) is 4.74 Å². The quantitative estimate of drug-likeness (QED) is 0.0635. The van der Waals surface area contributed by atoms with Crippen molar-refractivity contribution in [3.05, 3.63) is 54.1 Å². The van der Waals surface area contributed by atoms with Crippen molar-refractivity contribution in [3.63, 3.8) is 0 Å². The molecule has 23 nitrogen and oxygen atoms in total. The monoisotopic (exact) mass is 1870 g/mol. The van der Waals surface area contributed by atoms with Crippen LogP contribution in [0.15, 0.2) is 37.3 Å². The Kier molecular flexibility index (Phi) is 22.4. The highest BCUT2D eigenvalue weighted by atomic mass is 19.3. The molecule has 134 heavy (non-hydrogen) atoms. The number of likely N-dealkylation sites (tertiary alicyclic amines) is 1. The summed E-state index contributed by atoms with van der Waals surface area (Å²) in [5.74, 6) is 0.352. The fourth-order valence-electron chi connectivity index (χ4n) is 38.5. The second kappa shape index (κ2) is 32.4. The van der Waals surface area contributed by atoms with Gasteiger partial charge in [-0.3, -0.25) is 33.3 Å². The number of aliphatic hydroxyl groups is 4. The van der Waals surface area contributed by atoms with Gasteiger partial charge in [0, 0.05) is 59.7 Å². The number of aryl methyl sites for hydroxylation is 1. The van der Waals surface area contributed by atoms with Crippen molar-refractivity contribution in [2.75, 3.05) is 19.7 Å². The van der Waals surface area contributed by atoms with Crippen molar-refractivity contribution < 1.29 is 80.3 Å². The molecule has 40 atom stereocenters. The number of esters is 1. The van der Waals surface area contributed by atoms with Gasteiger partial charge in [0.1, 0.15) is 13.1 Å². The molecule has 20 saturated carbocycles. The maximum Gasteiger partial charge on any atom is 0.341 e. The molecule has 4 N–H and O–H groups in total. The second-order valence-electron chi connectivity index (χ2n) is 51.0. The van der Waals surface area contributed by atoms with Gasteiger partial charge in [-0.25, -0.2) is 31.1 Å². The van der Waals surface area contributed by atoms with Crippen LogP contribution in [0.2, 0.25) is 0 Å². The van der Waals surface area contributed by atoms with E-state index in [-0.39, 0.29) is 106 Å². The fraction of sp³-hybridized carbons (Fsp3) is 0.857. The van der Waals surface area contributed by atoms with Crippen LogP contribution in [0.4, 0.5) is 26.3 Å². The summed E-state index contributed by atoms with van der Waals surface area (Å²) in [4.78, 5) is 82.3. The van der Waals surface area contributed by atoms with Crippen molar-refractivity contribution in [3.8, 4) is 0 Å². The van der Waals surface area contributed by atoms with Crippen molar-refractivity contribution >= 4 is 35.0 Å². The number of carbonyl (C=O) groups excluding carboxylic acids is 6. The van der Waals surface area contributed by atoms with E-state index in [2.05, 4.69) is 63.5 Å². The van der Waals surface area contributed by atoms with E-state index >= 15 is 17.6 Å². The number of amides is 1. The normalized spacial score (nSPS) is 49.0. The molecule has 1 amide bonds. The predicted molar refractivity (Wildman–Crippen MR) is 479 cm³/mol. The molecule has 1 aliphatic heterocycles. The fourth-order valence-corrected chi connectivity index (χ4v) is 38.5. The summed E-state index contributed by atoms with van der Waals surface area (Å²) in [6.07, 6.45) is 40.3. The van der Waals surface area contributed by atoms with E-state index in [0.717, 1.165) is 187 Å². The van der Waals surface area contributed by atoms with Crippen molar-refractivity contribution in [2.45, 2.75) is 328 Å². The van der Waals surface area contributed by atoms with Crippen molar-refractivity contribution in [2.24, 2.45) is 211 Å². The van der Waals surface area contributed by atoms with Gasteiger partial charge in [0.2, 0.25) is 0 Å². The van der Waals surface area contributed by atoms with Gasteiger partial charge in [0.05, 0.1) is 90.6 Å². The molecule has 21 fully saturated rings. The third kappa shape index (κ3) is 15.4. The minimum absolute atomic E-state index is 0.00596. The van der Waals surface area contributed by atoms with Crippen molar-refractivity contribution in [1.29, 1.82) is 0 Å². The minimum atomic E-state index is -2.80. The van der Waals surface area contributed by atoms with Gasteiger partial charge in [-0.05, 0) is 403 Å². The zero-order valence-electron chi connectivity index (χ0n) is 80.4. The van der Waals surface area contributed by atoms with Gasteiger partial charge in [-0.2, -0.15) is 30.0 Å². The number of halogens is 6. The summed E-state index contributed by atoms with van der Waals surface area (Å²) >= 11 is 0. The van der Waals surface area contributed by atoms with Crippen molar-refractivity contribution in [1.82, 2.24) is 59.7 Å². The topological polar surface area (TPSA) is 306 Å². The second-order valence-corrected chi connectivity index (χ2v) is 51.0. The van der Waals surface area contributed by atoms with Crippen LogP contribution in [0.3, 0.4) is 0 Å². The maximum absolute atomic E-state index is 15.1. The lowest BCUT2D eigenvalue weighted by atomic mass is 9.47. The smallest absolute Gasteiger partial charge is 0.341 e. The van der Waals surface area contributed by atoms with E-state index in [0.29, 0.717) is 107 Å². The van der Waals surface area contributed by atoms with E-state index in [9.17, 15) is 58.0 Å². The Balaban J connectivity index is 0.000000104. The number of aromatic nitrogens is 11. The van der Waals surface area contributed by atoms with Gasteiger partial charge in [0.25, 0.3) is 23.7 Å². The molecular weight excluding hydrogens is 1720 g/mol. The van der Waals surface area contributed by atoms with Crippen LogP contribution in [0.1, 0.15) is 281 Å². The molecule has 0 bridgehead atoms. The van der Waals surface area contributed by atoms with Crippen LogP contribution < -0.4 is 0 Å². The average molecular weight is 1870 g/mol. The summed E-state index contributed by atoms with van der Waals surface area (Å²) in [6.45, 7) is 20.1. The Morgan fingerprint density at radius 3 is 1.10 bits per heavy atom. The van der Waals surface area contributed by atoms with Crippen LogP contribution in [0, 0.1) is 218 Å². The zero-order chi connectivity index (χ0) is 94.1. The number of hydrogen-bond acceptors (Lipinski definition) is 18. The predicted octanol–water partition coefficient (Wildman–Crippen LogP) is 16.6. The molecule has 0 radical (unpaired) electrons. The minimum Gasteiger partial charge on any atom is -0.462 e. The summed E-state index contributed by atoms with van der Waals surface area (Å²) < 4.78 is 94.8. The lowest BCUT2D eigenvalue weighted by Crippen LogP contribution is -2.58. The number of fused-ring (bicyclic) bond motifs is 28. The SMILES string of the molecule is CCOC(=O)c1cnn(CC(=O)[C@H]2[C@H]3C[C@H]3[C@H]3[C@@H]4CC[C@@H]5C[C@](C)(O)CC[C@@H]5[C@H]4CC[C@@]32C)c1.C[C@@]1(O)CC[C@H]2[C@H](CC[C@@H]3[C@@H]2CC[C@@]2(C)[C@H]3[C@@H]3C[C@@H]3[C@@H]2C(=O)Cn2cc(C(=O)N3CC(F)(F)C3)cn2)C1.C[C@@]1(O)CC[C@H]2[C@H](CC[C@@H]3[C@@H]2CC[C@@]2(C)[C@H]3[C@H]3[C@@H]([C@@H]2C(=O)Cn2ncnn2)C3(F)F)C1.Cc1cnn(CC(=O)[C@H]2[C@@H]3[C@H]([C@H]4[C@@H]5CC[C@@H]6C[C@](C)(O)CC[C@@H]6[C@H]5CC[C@@]42C)C3(F)F)n1. The van der Waals surface area contributed by atoms with E-state index < -0.39 is 94.7 Å². The highest BCUT2D eigenvalue weighted by molar-refractivity contribution is 5.94. The summed E-state index contributed by atoms with van der Waals surface area (Å²) in [6, 6.07) is 0. The van der Waals surface area contributed by atoms with Gasteiger partial charge < -0.3 is 30.1 Å². The van der Waals surface area contributed by atoms with Crippen LogP contribution in [-0.4, -0.2) is 175 Å². The van der Waals surface area contributed by atoms with Gasteiger partial charge in [-0.1, -0.05) is 27.7 Å². The molecule has 21 aliphatic rings. The summed E-state index contributed by atoms with van der Waals surface area (Å²) in [5, 5.41) is 70.7. The Bertz CT molecular complexity index is 5200. The highest BCUT2D eigenvalue weighted by Crippen LogP contribution is 2.83. The molecule has 4 aromatic rings. The van der Waals surface area contributed by atoms with Crippen LogP contribution >= 0.6 is 0 Å². The molecule has 20 aliphatic carbocycles. The number of carbonyl (C=O) groups is 6.